The van der Waals surface area contributed by atoms with Gasteiger partial charge in [0.2, 0.25) is 5.91 Å². The molecule has 0 saturated carbocycles. The Bertz CT molecular complexity index is 1170. The normalized spacial score (nSPS) is 20.5. The molecule has 4 rings (SSSR count). The lowest BCUT2D eigenvalue weighted by Crippen LogP contribution is -2.55. The van der Waals surface area contributed by atoms with Gasteiger partial charge in [-0.05, 0) is 36.4 Å². The molecule has 0 aromatic heterocycles. The van der Waals surface area contributed by atoms with Crippen LogP contribution in [-0.4, -0.2) is 60.2 Å². The van der Waals surface area contributed by atoms with E-state index in [2.05, 4.69) is 60.9 Å². The Morgan fingerprint density at radius 1 is 1.27 bits per heavy atom. The second-order valence-corrected chi connectivity index (χ2v) is 8.66. The Labute approximate surface area is 194 Å². The van der Waals surface area contributed by atoms with Gasteiger partial charge in [0.15, 0.2) is 0 Å². The SMILES string of the molecule is C=CC(=O)N1CCN(/C(N)=C2\CCN(c3cccc4cccc(C)c34)CC2=N)C[C@@H]1CC#N. The minimum absolute atomic E-state index is 0.160. The van der Waals surface area contributed by atoms with Gasteiger partial charge in [-0.3, -0.25) is 4.79 Å². The molecule has 0 radical (unpaired) electrons. The van der Waals surface area contributed by atoms with Crippen LogP contribution < -0.4 is 10.6 Å². The molecule has 2 heterocycles. The number of aryl methyl sites for hydroxylation is 1. The lowest BCUT2D eigenvalue weighted by atomic mass is 9.97. The van der Waals surface area contributed by atoms with Gasteiger partial charge in [0.25, 0.3) is 0 Å². The van der Waals surface area contributed by atoms with Gasteiger partial charge in [-0.15, -0.1) is 0 Å². The van der Waals surface area contributed by atoms with Crippen LogP contribution >= 0.6 is 0 Å². The standard InChI is InChI=1S/C26H30N6O/c1-3-24(33)32-15-14-31(16-20(32)10-12-27)26(29)21-11-13-30(17-22(21)28)23-9-5-8-19-7-4-6-18(2)25(19)23/h3-9,20,28H,1,10-11,13-17,29H2,2H3/b26-21+,28-22?/t20-/m0/s1. The number of piperazine rings is 1. The number of benzene rings is 2. The number of nitriles is 1. The average molecular weight is 443 g/mol. The van der Waals surface area contributed by atoms with Gasteiger partial charge in [-0.1, -0.05) is 36.9 Å². The van der Waals surface area contributed by atoms with Crippen LogP contribution in [0, 0.1) is 23.7 Å². The molecule has 1 atom stereocenters. The van der Waals surface area contributed by atoms with E-state index in [4.69, 9.17) is 11.1 Å². The molecular weight excluding hydrogens is 412 g/mol. The first kappa shape index (κ1) is 22.4. The van der Waals surface area contributed by atoms with E-state index in [0.717, 1.165) is 17.8 Å². The van der Waals surface area contributed by atoms with E-state index in [1.165, 1.54) is 22.4 Å². The van der Waals surface area contributed by atoms with Gasteiger partial charge in [-0.2, -0.15) is 5.26 Å². The Balaban J connectivity index is 1.54. The van der Waals surface area contributed by atoms with E-state index < -0.39 is 0 Å². The minimum atomic E-state index is -0.235. The van der Waals surface area contributed by atoms with Crippen molar-refractivity contribution < 1.29 is 4.79 Å². The first-order valence-electron chi connectivity index (χ1n) is 11.3. The number of nitrogens with two attached hydrogens (primary N) is 1. The number of nitrogens with one attached hydrogen (secondary N) is 1. The topological polar surface area (TPSA) is 100 Å². The van der Waals surface area contributed by atoms with Crippen LogP contribution in [-0.2, 0) is 4.79 Å². The molecule has 0 spiro atoms. The van der Waals surface area contributed by atoms with Crippen molar-refractivity contribution in [1.29, 1.82) is 10.7 Å². The first-order chi connectivity index (χ1) is 15.9. The number of hydrogen-bond acceptors (Lipinski definition) is 6. The predicted octanol–water partition coefficient (Wildman–Crippen LogP) is 3.16. The van der Waals surface area contributed by atoms with Crippen LogP contribution in [0.3, 0.4) is 0 Å². The largest absolute Gasteiger partial charge is 0.385 e. The lowest BCUT2D eigenvalue weighted by molar-refractivity contribution is -0.130. The Morgan fingerprint density at radius 3 is 2.73 bits per heavy atom. The van der Waals surface area contributed by atoms with Gasteiger partial charge < -0.3 is 25.8 Å². The number of anilines is 1. The maximum atomic E-state index is 12.2. The molecule has 2 aliphatic heterocycles. The molecule has 2 saturated heterocycles. The van der Waals surface area contributed by atoms with Crippen LogP contribution in [0.5, 0.6) is 0 Å². The average Bonchev–Trinajstić information content (AvgIpc) is 2.83. The second-order valence-electron chi connectivity index (χ2n) is 8.66. The summed E-state index contributed by atoms with van der Waals surface area (Å²) in [5.41, 5.74) is 10.3. The Kier molecular flexibility index (Phi) is 6.36. The molecule has 2 aromatic rings. The predicted molar refractivity (Wildman–Crippen MR) is 132 cm³/mol. The zero-order valence-electron chi connectivity index (χ0n) is 19.1. The molecule has 0 aliphatic carbocycles. The molecule has 7 heteroatoms. The van der Waals surface area contributed by atoms with E-state index in [0.29, 0.717) is 44.1 Å². The third-order valence-corrected chi connectivity index (χ3v) is 6.69. The summed E-state index contributed by atoms with van der Waals surface area (Å²) in [7, 11) is 0. The minimum Gasteiger partial charge on any atom is -0.385 e. The molecular formula is C26H30N6O. The molecule has 1 amide bonds. The fourth-order valence-corrected chi connectivity index (χ4v) is 4.97. The summed E-state index contributed by atoms with van der Waals surface area (Å²) in [6, 6.07) is 14.6. The highest BCUT2D eigenvalue weighted by atomic mass is 16.2. The van der Waals surface area contributed by atoms with Crippen LogP contribution in [0.2, 0.25) is 0 Å². The molecule has 7 nitrogen and oxygen atoms in total. The fourth-order valence-electron chi connectivity index (χ4n) is 4.97. The number of hydrogen-bond donors (Lipinski definition) is 2. The molecule has 33 heavy (non-hydrogen) atoms. The van der Waals surface area contributed by atoms with E-state index in [9.17, 15) is 10.1 Å². The van der Waals surface area contributed by atoms with Crippen LogP contribution in [0.15, 0.2) is 60.4 Å². The number of fused-ring (bicyclic) bond motifs is 1. The van der Waals surface area contributed by atoms with Crippen LogP contribution in [0.25, 0.3) is 10.8 Å². The summed E-state index contributed by atoms with van der Waals surface area (Å²) in [5, 5.41) is 20.4. The smallest absolute Gasteiger partial charge is 0.246 e. The van der Waals surface area contributed by atoms with Gasteiger partial charge in [0.05, 0.1) is 30.8 Å². The third-order valence-electron chi connectivity index (χ3n) is 6.69. The Morgan fingerprint density at radius 2 is 2.03 bits per heavy atom. The molecule has 2 aliphatic rings. The van der Waals surface area contributed by atoms with Crippen LogP contribution in [0.4, 0.5) is 5.69 Å². The summed E-state index contributed by atoms with van der Waals surface area (Å²) < 4.78 is 0. The highest BCUT2D eigenvalue weighted by Gasteiger charge is 2.32. The number of rotatable bonds is 4. The summed E-state index contributed by atoms with van der Waals surface area (Å²) >= 11 is 0. The van der Waals surface area contributed by atoms with Crippen molar-refractivity contribution >= 4 is 28.1 Å². The number of amides is 1. The van der Waals surface area contributed by atoms with Crippen molar-refractivity contribution in [3.05, 3.63) is 66.0 Å². The summed E-state index contributed by atoms with van der Waals surface area (Å²) in [5.74, 6) is 0.440. The van der Waals surface area contributed by atoms with Crippen molar-refractivity contribution in [1.82, 2.24) is 9.80 Å². The van der Waals surface area contributed by atoms with E-state index in [1.54, 1.807) is 4.90 Å². The highest BCUT2D eigenvalue weighted by Crippen LogP contribution is 2.32. The second kappa shape index (κ2) is 9.37. The molecule has 2 fully saturated rings. The van der Waals surface area contributed by atoms with E-state index in [-0.39, 0.29) is 18.4 Å². The Hall–Kier alpha value is -3.79. The maximum absolute atomic E-state index is 12.2. The number of carbonyl (C=O) groups excluding carboxylic acids is 1. The van der Waals surface area contributed by atoms with Gasteiger partial charge in [-0.25, -0.2) is 0 Å². The van der Waals surface area contributed by atoms with Crippen molar-refractivity contribution in [2.24, 2.45) is 5.73 Å². The van der Waals surface area contributed by atoms with Gasteiger partial charge >= 0.3 is 0 Å². The maximum Gasteiger partial charge on any atom is 0.246 e. The van der Waals surface area contributed by atoms with Crippen molar-refractivity contribution in [2.75, 3.05) is 37.6 Å². The number of piperidine rings is 1. The molecule has 170 valence electrons. The van der Waals surface area contributed by atoms with Crippen molar-refractivity contribution in [3.63, 3.8) is 0 Å². The van der Waals surface area contributed by atoms with E-state index in [1.807, 2.05) is 4.90 Å². The van der Waals surface area contributed by atoms with Crippen molar-refractivity contribution in [2.45, 2.75) is 25.8 Å². The quantitative estimate of drug-likeness (QED) is 0.709. The monoisotopic (exact) mass is 442 g/mol. The highest BCUT2D eigenvalue weighted by molar-refractivity contribution is 6.05. The third kappa shape index (κ3) is 4.29. The van der Waals surface area contributed by atoms with E-state index >= 15 is 0 Å². The molecule has 2 aromatic carbocycles. The zero-order chi connectivity index (χ0) is 23.5. The zero-order valence-corrected chi connectivity index (χ0v) is 19.1. The molecule has 0 bridgehead atoms. The summed E-state index contributed by atoms with van der Waals surface area (Å²) in [6.45, 7) is 8.53. The molecule has 3 N–H and O–H groups in total. The summed E-state index contributed by atoms with van der Waals surface area (Å²) in [4.78, 5) is 18.1. The van der Waals surface area contributed by atoms with Crippen LogP contribution in [0.1, 0.15) is 18.4 Å². The van der Waals surface area contributed by atoms with Gasteiger partial charge in [0.1, 0.15) is 5.82 Å². The first-order valence-corrected chi connectivity index (χ1v) is 11.3. The number of carbonyl (C=O) groups is 1. The summed E-state index contributed by atoms with van der Waals surface area (Å²) in [6.07, 6.45) is 2.22. The number of nitrogens with zero attached hydrogens (tertiary/aromatic N) is 4. The molecule has 0 unspecified atom stereocenters. The lowest BCUT2D eigenvalue weighted by Gasteiger charge is -2.42. The van der Waals surface area contributed by atoms with Gasteiger partial charge in [0, 0.05) is 42.8 Å². The fraction of sp³-hybridized carbons (Fsp3) is 0.346. The van der Waals surface area contributed by atoms with Crippen molar-refractivity contribution in [3.8, 4) is 6.07 Å².